The Morgan fingerprint density at radius 1 is 1.33 bits per heavy atom. The number of imidazole rings is 1. The van der Waals surface area contributed by atoms with Gasteiger partial charge in [0.2, 0.25) is 0 Å². The molecule has 0 saturated heterocycles. The number of hydrogen-bond donors (Lipinski definition) is 0. The lowest BCUT2D eigenvalue weighted by Gasteiger charge is -2.05. The van der Waals surface area contributed by atoms with E-state index in [-0.39, 0.29) is 5.82 Å². The van der Waals surface area contributed by atoms with Crippen molar-refractivity contribution in [3.63, 3.8) is 0 Å². The zero-order valence-corrected chi connectivity index (χ0v) is 11.0. The van der Waals surface area contributed by atoms with Crippen molar-refractivity contribution in [1.29, 1.82) is 0 Å². The van der Waals surface area contributed by atoms with Gasteiger partial charge >= 0.3 is 0 Å². The Labute approximate surface area is 110 Å². The van der Waals surface area contributed by atoms with Crippen molar-refractivity contribution in [2.45, 2.75) is 11.6 Å². The van der Waals surface area contributed by atoms with Crippen LogP contribution in [-0.2, 0) is 7.05 Å². The highest BCUT2D eigenvalue weighted by atomic mass is 32.2. The largest absolute Gasteiger partial charge is 0.494 e. The standard InChI is InChI=1S/C13H15FN2OS/c1-16-8-7-15-13(16)18-10-2-9-17-12-5-3-11(14)4-6-12/h3-8H,2,9-10H2,1H3. The molecule has 1 aromatic carbocycles. The molecule has 0 radical (unpaired) electrons. The third kappa shape index (κ3) is 3.77. The number of aryl methyl sites for hydroxylation is 1. The Bertz CT molecular complexity index is 484. The molecule has 0 saturated carbocycles. The van der Waals surface area contributed by atoms with Gasteiger partial charge in [0.05, 0.1) is 6.61 Å². The average Bonchev–Trinajstić information content (AvgIpc) is 2.77. The molecule has 0 unspecified atom stereocenters. The Balaban J connectivity index is 1.64. The smallest absolute Gasteiger partial charge is 0.167 e. The van der Waals surface area contributed by atoms with Crippen LogP contribution in [0.15, 0.2) is 41.8 Å². The maximum absolute atomic E-state index is 12.7. The van der Waals surface area contributed by atoms with Crippen LogP contribution >= 0.6 is 11.8 Å². The summed E-state index contributed by atoms with van der Waals surface area (Å²) in [5.74, 6) is 1.41. The van der Waals surface area contributed by atoms with Crippen molar-refractivity contribution in [3.05, 3.63) is 42.5 Å². The molecule has 3 nitrogen and oxygen atoms in total. The summed E-state index contributed by atoms with van der Waals surface area (Å²) < 4.78 is 20.2. The summed E-state index contributed by atoms with van der Waals surface area (Å²) in [5, 5.41) is 1.01. The van der Waals surface area contributed by atoms with E-state index in [1.807, 2.05) is 17.8 Å². The van der Waals surface area contributed by atoms with Crippen LogP contribution in [0.2, 0.25) is 0 Å². The molecule has 0 N–H and O–H groups in total. The SMILES string of the molecule is Cn1ccnc1SCCCOc1ccc(F)cc1. The molecule has 0 atom stereocenters. The molecule has 0 spiro atoms. The van der Waals surface area contributed by atoms with Crippen LogP contribution in [0.4, 0.5) is 4.39 Å². The molecule has 0 fully saturated rings. The van der Waals surface area contributed by atoms with E-state index in [9.17, 15) is 4.39 Å². The first-order valence-electron chi connectivity index (χ1n) is 5.74. The number of rotatable bonds is 6. The van der Waals surface area contributed by atoms with Crippen LogP contribution in [0.3, 0.4) is 0 Å². The molecular formula is C13H15FN2OS. The van der Waals surface area contributed by atoms with Crippen LogP contribution < -0.4 is 4.74 Å². The molecule has 2 aromatic rings. The molecule has 0 amide bonds. The number of ether oxygens (including phenoxy) is 1. The molecule has 18 heavy (non-hydrogen) atoms. The van der Waals surface area contributed by atoms with Gasteiger partial charge in [-0.2, -0.15) is 0 Å². The molecular weight excluding hydrogens is 251 g/mol. The molecule has 0 aliphatic rings. The van der Waals surface area contributed by atoms with Crippen LogP contribution in [0, 0.1) is 5.82 Å². The first kappa shape index (κ1) is 13.0. The van der Waals surface area contributed by atoms with Crippen molar-refractivity contribution in [2.24, 2.45) is 7.05 Å². The molecule has 0 aliphatic carbocycles. The second-order valence-electron chi connectivity index (χ2n) is 3.83. The fourth-order valence-electron chi connectivity index (χ4n) is 1.43. The van der Waals surface area contributed by atoms with Gasteiger partial charge in [-0.25, -0.2) is 9.37 Å². The topological polar surface area (TPSA) is 27.1 Å². The summed E-state index contributed by atoms with van der Waals surface area (Å²) in [6, 6.07) is 6.08. The summed E-state index contributed by atoms with van der Waals surface area (Å²) in [6.45, 7) is 0.628. The highest BCUT2D eigenvalue weighted by Gasteiger charge is 2.00. The van der Waals surface area contributed by atoms with E-state index < -0.39 is 0 Å². The number of benzene rings is 1. The number of thioether (sulfide) groups is 1. The third-order valence-corrected chi connectivity index (χ3v) is 3.52. The van der Waals surface area contributed by atoms with Gasteiger partial charge in [-0.15, -0.1) is 0 Å². The molecule has 1 heterocycles. The molecule has 1 aromatic heterocycles. The first-order valence-corrected chi connectivity index (χ1v) is 6.73. The van der Waals surface area contributed by atoms with Crippen molar-refractivity contribution in [2.75, 3.05) is 12.4 Å². The van der Waals surface area contributed by atoms with Gasteiger partial charge in [0, 0.05) is 25.2 Å². The quantitative estimate of drug-likeness (QED) is 0.594. The minimum atomic E-state index is -0.243. The summed E-state index contributed by atoms with van der Waals surface area (Å²) in [7, 11) is 1.98. The van der Waals surface area contributed by atoms with E-state index in [1.54, 1.807) is 30.1 Å². The lowest BCUT2D eigenvalue weighted by Crippen LogP contribution is -1.99. The summed E-state index contributed by atoms with van der Waals surface area (Å²) in [4.78, 5) is 4.22. The number of hydrogen-bond acceptors (Lipinski definition) is 3. The van der Waals surface area contributed by atoms with Gasteiger partial charge in [-0.3, -0.25) is 0 Å². The number of nitrogens with zero attached hydrogens (tertiary/aromatic N) is 2. The van der Waals surface area contributed by atoms with Gasteiger partial charge in [0.1, 0.15) is 11.6 Å². The Morgan fingerprint density at radius 2 is 2.11 bits per heavy atom. The molecule has 0 bridgehead atoms. The van der Waals surface area contributed by atoms with Crippen molar-refractivity contribution in [3.8, 4) is 5.75 Å². The predicted octanol–water partition coefficient (Wildman–Crippen LogP) is 3.12. The minimum Gasteiger partial charge on any atom is -0.494 e. The van der Waals surface area contributed by atoms with E-state index in [0.717, 1.165) is 17.3 Å². The van der Waals surface area contributed by atoms with Crippen molar-refractivity contribution >= 4 is 11.8 Å². The van der Waals surface area contributed by atoms with Gasteiger partial charge in [-0.1, -0.05) is 11.8 Å². The normalized spacial score (nSPS) is 10.6. The van der Waals surface area contributed by atoms with Crippen molar-refractivity contribution in [1.82, 2.24) is 9.55 Å². The van der Waals surface area contributed by atoms with E-state index >= 15 is 0 Å². The Kier molecular flexibility index (Phi) is 4.64. The molecule has 0 aliphatic heterocycles. The number of halogens is 1. The van der Waals surface area contributed by atoms with E-state index in [0.29, 0.717) is 12.4 Å². The molecule has 96 valence electrons. The van der Waals surface area contributed by atoms with Crippen LogP contribution in [-0.4, -0.2) is 21.9 Å². The third-order valence-electron chi connectivity index (χ3n) is 2.38. The predicted molar refractivity (Wildman–Crippen MR) is 70.4 cm³/mol. The first-order chi connectivity index (χ1) is 8.75. The lowest BCUT2D eigenvalue weighted by atomic mass is 10.3. The minimum absolute atomic E-state index is 0.243. The summed E-state index contributed by atoms with van der Waals surface area (Å²) in [6.07, 6.45) is 4.64. The van der Waals surface area contributed by atoms with Crippen LogP contribution in [0.5, 0.6) is 5.75 Å². The molecule has 5 heteroatoms. The highest BCUT2D eigenvalue weighted by Crippen LogP contribution is 2.16. The van der Waals surface area contributed by atoms with Gasteiger partial charge in [0.25, 0.3) is 0 Å². The van der Waals surface area contributed by atoms with Gasteiger partial charge < -0.3 is 9.30 Å². The van der Waals surface area contributed by atoms with E-state index in [1.165, 1.54) is 12.1 Å². The van der Waals surface area contributed by atoms with Gasteiger partial charge in [0.15, 0.2) is 5.16 Å². The van der Waals surface area contributed by atoms with E-state index in [4.69, 9.17) is 4.74 Å². The van der Waals surface area contributed by atoms with E-state index in [2.05, 4.69) is 4.98 Å². The Morgan fingerprint density at radius 3 is 2.78 bits per heavy atom. The average molecular weight is 266 g/mol. The summed E-state index contributed by atoms with van der Waals surface area (Å²) >= 11 is 1.70. The lowest BCUT2D eigenvalue weighted by molar-refractivity contribution is 0.318. The zero-order valence-electron chi connectivity index (χ0n) is 10.2. The van der Waals surface area contributed by atoms with Gasteiger partial charge in [-0.05, 0) is 30.7 Å². The van der Waals surface area contributed by atoms with Crippen molar-refractivity contribution < 1.29 is 9.13 Å². The highest BCUT2D eigenvalue weighted by molar-refractivity contribution is 7.99. The molecule has 2 rings (SSSR count). The second kappa shape index (κ2) is 6.44. The van der Waals surface area contributed by atoms with Crippen LogP contribution in [0.25, 0.3) is 0 Å². The Hall–Kier alpha value is -1.49. The fraction of sp³-hybridized carbons (Fsp3) is 0.308. The summed E-state index contributed by atoms with van der Waals surface area (Å²) in [5.41, 5.74) is 0. The second-order valence-corrected chi connectivity index (χ2v) is 4.89. The fourth-order valence-corrected chi connectivity index (χ4v) is 2.28. The monoisotopic (exact) mass is 266 g/mol. The maximum atomic E-state index is 12.7. The zero-order chi connectivity index (χ0) is 12.8. The van der Waals surface area contributed by atoms with Crippen LogP contribution in [0.1, 0.15) is 6.42 Å². The number of aromatic nitrogens is 2. The maximum Gasteiger partial charge on any atom is 0.167 e.